The van der Waals surface area contributed by atoms with Crippen molar-refractivity contribution in [2.45, 2.75) is 63.4 Å². The third-order valence-electron chi connectivity index (χ3n) is 5.48. The van der Waals surface area contributed by atoms with E-state index in [0.29, 0.717) is 11.7 Å². The van der Waals surface area contributed by atoms with Crippen LogP contribution in [-0.2, 0) is 11.3 Å². The molecule has 0 unspecified atom stereocenters. The van der Waals surface area contributed by atoms with Gasteiger partial charge in [-0.1, -0.05) is 38.1 Å². The number of hydrogen-bond acceptors (Lipinski definition) is 6. The van der Waals surface area contributed by atoms with Crippen molar-refractivity contribution in [2.24, 2.45) is 5.92 Å². The monoisotopic (exact) mass is 506 g/mol. The first kappa shape index (κ1) is 27.1. The molecule has 2 fully saturated rings. The highest BCUT2D eigenvalue weighted by molar-refractivity contribution is 5.36. The van der Waals surface area contributed by atoms with Gasteiger partial charge in [-0.05, 0) is 61.6 Å². The van der Waals surface area contributed by atoms with E-state index in [9.17, 15) is 26.3 Å². The van der Waals surface area contributed by atoms with Crippen LogP contribution in [0.5, 0.6) is 11.5 Å². The van der Waals surface area contributed by atoms with Crippen molar-refractivity contribution < 1.29 is 36.2 Å². The molecule has 6 nitrogen and oxygen atoms in total. The number of halogens is 6. The molecule has 0 spiro atoms. The van der Waals surface area contributed by atoms with Crippen molar-refractivity contribution in [1.29, 1.82) is 0 Å². The average molecular weight is 506 g/mol. The number of aromatic hydroxyl groups is 1. The smallest absolute Gasteiger partial charge is 0.426 e. The van der Waals surface area contributed by atoms with Gasteiger partial charge >= 0.3 is 12.4 Å². The SMILES string of the molecule is CC(C)CC(C)(C)Oc1ccc(C2(C(F)(F)F)NN2)cc1.Oc1ccc(C2(C(F)(F)F)NN2)cc1. The second-order valence-corrected chi connectivity index (χ2v) is 9.53. The van der Waals surface area contributed by atoms with E-state index in [2.05, 4.69) is 35.6 Å². The van der Waals surface area contributed by atoms with Crippen molar-refractivity contribution in [3.63, 3.8) is 0 Å². The highest BCUT2D eigenvalue weighted by Crippen LogP contribution is 2.43. The first-order valence-corrected chi connectivity index (χ1v) is 10.8. The summed E-state index contributed by atoms with van der Waals surface area (Å²) in [5.74, 6) is 0.988. The summed E-state index contributed by atoms with van der Waals surface area (Å²) in [5, 5.41) is 8.92. The van der Waals surface area contributed by atoms with Crippen LogP contribution in [0.1, 0.15) is 45.2 Å². The molecule has 0 radical (unpaired) electrons. The van der Waals surface area contributed by atoms with Crippen molar-refractivity contribution in [1.82, 2.24) is 21.7 Å². The highest BCUT2D eigenvalue weighted by atomic mass is 19.4. The van der Waals surface area contributed by atoms with Gasteiger partial charge in [-0.15, -0.1) is 0 Å². The molecule has 2 aliphatic rings. The highest BCUT2D eigenvalue weighted by Gasteiger charge is 2.66. The molecule has 194 valence electrons. The second kappa shape index (κ2) is 9.16. The average Bonchev–Trinajstić information content (AvgIpc) is 3.59. The van der Waals surface area contributed by atoms with Crippen molar-refractivity contribution in [3.8, 4) is 11.5 Å². The van der Waals surface area contributed by atoms with Gasteiger partial charge in [0, 0.05) is 0 Å². The van der Waals surface area contributed by atoms with Crippen LogP contribution in [0.2, 0.25) is 0 Å². The molecule has 4 rings (SSSR count). The lowest BCUT2D eigenvalue weighted by Crippen LogP contribution is -2.34. The van der Waals surface area contributed by atoms with Gasteiger partial charge in [0.25, 0.3) is 0 Å². The van der Waals surface area contributed by atoms with Gasteiger partial charge in [-0.3, -0.25) is 0 Å². The lowest BCUT2D eigenvalue weighted by atomic mass is 9.96. The van der Waals surface area contributed by atoms with E-state index < -0.39 is 23.7 Å². The molecule has 12 heteroatoms. The van der Waals surface area contributed by atoms with E-state index in [1.54, 1.807) is 12.1 Å². The minimum atomic E-state index is -4.40. The minimum Gasteiger partial charge on any atom is -0.508 e. The van der Waals surface area contributed by atoms with E-state index in [1.165, 1.54) is 36.4 Å². The number of phenolic OH excluding ortho intramolecular Hbond substituents is 1. The topological polar surface area (TPSA) is 117 Å². The Labute approximate surface area is 199 Å². The van der Waals surface area contributed by atoms with Gasteiger partial charge in [-0.2, -0.15) is 26.3 Å². The number of nitrogens with one attached hydrogen (secondary N) is 4. The molecule has 2 saturated heterocycles. The zero-order valence-electron chi connectivity index (χ0n) is 19.5. The molecule has 0 aromatic heterocycles. The minimum absolute atomic E-state index is 0.0304. The summed E-state index contributed by atoms with van der Waals surface area (Å²) in [5.41, 5.74) is 4.05. The van der Waals surface area contributed by atoms with Crippen LogP contribution < -0.4 is 26.4 Å². The maximum Gasteiger partial charge on any atom is 0.426 e. The van der Waals surface area contributed by atoms with Crippen molar-refractivity contribution >= 4 is 0 Å². The van der Waals surface area contributed by atoms with Gasteiger partial charge in [0.15, 0.2) is 0 Å². The third-order valence-corrected chi connectivity index (χ3v) is 5.48. The van der Waals surface area contributed by atoms with Gasteiger partial charge in [-0.25, -0.2) is 21.7 Å². The Morgan fingerprint density at radius 1 is 0.743 bits per heavy atom. The molecular weight excluding hydrogens is 478 g/mol. The Bertz CT molecular complexity index is 997. The summed E-state index contributed by atoms with van der Waals surface area (Å²) in [4.78, 5) is 0. The summed E-state index contributed by atoms with van der Waals surface area (Å²) in [6.45, 7) is 8.15. The fraction of sp³-hybridized carbons (Fsp3) is 0.478. The fourth-order valence-electron chi connectivity index (χ4n) is 3.85. The molecule has 2 heterocycles. The van der Waals surface area contributed by atoms with Crippen LogP contribution in [0.15, 0.2) is 48.5 Å². The van der Waals surface area contributed by atoms with Crippen molar-refractivity contribution in [2.75, 3.05) is 0 Å². The molecule has 0 atom stereocenters. The Hall–Kier alpha value is -2.54. The molecule has 2 aromatic rings. The number of ether oxygens (including phenoxy) is 1. The van der Waals surface area contributed by atoms with E-state index in [1.807, 2.05) is 13.8 Å². The number of hydrogen-bond donors (Lipinski definition) is 5. The molecular formula is C23H28F6N4O2. The number of benzene rings is 2. The molecule has 0 bridgehead atoms. The molecule has 2 aromatic carbocycles. The Kier molecular flexibility index (Phi) is 7.08. The van der Waals surface area contributed by atoms with Gasteiger partial charge in [0.1, 0.15) is 17.1 Å². The molecule has 35 heavy (non-hydrogen) atoms. The first-order valence-electron chi connectivity index (χ1n) is 10.8. The Morgan fingerprint density at radius 3 is 1.43 bits per heavy atom. The lowest BCUT2D eigenvalue weighted by molar-refractivity contribution is -0.166. The number of rotatable bonds is 6. The van der Waals surface area contributed by atoms with E-state index in [4.69, 9.17) is 9.84 Å². The number of phenols is 1. The molecule has 2 aliphatic heterocycles. The molecule has 0 saturated carbocycles. The number of alkyl halides is 6. The van der Waals surface area contributed by atoms with E-state index in [0.717, 1.165) is 6.42 Å². The first-order chi connectivity index (χ1) is 16.0. The fourth-order valence-corrected chi connectivity index (χ4v) is 3.85. The van der Waals surface area contributed by atoms with Crippen LogP contribution in [0.25, 0.3) is 0 Å². The second-order valence-electron chi connectivity index (χ2n) is 9.53. The van der Waals surface area contributed by atoms with Crippen LogP contribution in [-0.4, -0.2) is 23.1 Å². The quantitative estimate of drug-likeness (QED) is 0.280. The third kappa shape index (κ3) is 6.00. The van der Waals surface area contributed by atoms with Crippen LogP contribution >= 0.6 is 0 Å². The molecule has 0 amide bonds. The van der Waals surface area contributed by atoms with Gasteiger partial charge in [0.05, 0.1) is 0 Å². The van der Waals surface area contributed by atoms with Gasteiger partial charge in [0.2, 0.25) is 11.3 Å². The van der Waals surface area contributed by atoms with E-state index >= 15 is 0 Å². The summed E-state index contributed by atoms with van der Waals surface area (Å²) in [6, 6.07) is 10.9. The van der Waals surface area contributed by atoms with Crippen molar-refractivity contribution in [3.05, 3.63) is 59.7 Å². The maximum atomic E-state index is 12.9. The Balaban J connectivity index is 0.000000211. The summed E-state index contributed by atoms with van der Waals surface area (Å²) in [6.07, 6.45) is -7.92. The molecule has 5 N–H and O–H groups in total. The predicted octanol–water partition coefficient (Wildman–Crippen LogP) is 4.93. The van der Waals surface area contributed by atoms with Crippen LogP contribution in [0, 0.1) is 5.92 Å². The van der Waals surface area contributed by atoms with E-state index in [-0.39, 0.29) is 22.5 Å². The molecule has 0 aliphatic carbocycles. The lowest BCUT2D eigenvalue weighted by Gasteiger charge is -2.28. The zero-order chi connectivity index (χ0) is 26.3. The van der Waals surface area contributed by atoms with Crippen LogP contribution in [0.4, 0.5) is 26.3 Å². The summed E-state index contributed by atoms with van der Waals surface area (Å²) >= 11 is 0. The summed E-state index contributed by atoms with van der Waals surface area (Å²) in [7, 11) is 0. The largest absolute Gasteiger partial charge is 0.508 e. The predicted molar refractivity (Wildman–Crippen MR) is 117 cm³/mol. The summed E-state index contributed by atoms with van der Waals surface area (Å²) < 4.78 is 82.2. The normalized spacial score (nSPS) is 18.5. The number of hydrazine groups is 2. The maximum absolute atomic E-state index is 12.9. The van der Waals surface area contributed by atoms with Crippen LogP contribution in [0.3, 0.4) is 0 Å². The standard InChI is InChI=1S/C15H21F3N2O.C8H7F3N2O/c1-10(2)9-13(3,4)21-12-7-5-11(6-8-12)14(19-20-14)15(16,17)18;9-8(10,11)7(12-13-7)5-1-3-6(14)4-2-5/h5-8,10,19-20H,9H2,1-4H3;1-4,12-14H. The zero-order valence-corrected chi connectivity index (χ0v) is 19.5. The Morgan fingerprint density at radius 2 is 1.11 bits per heavy atom. The van der Waals surface area contributed by atoms with Gasteiger partial charge < -0.3 is 9.84 Å².